The molecule has 0 aliphatic carbocycles. The summed E-state index contributed by atoms with van der Waals surface area (Å²) in [6, 6.07) is 2.08. The summed E-state index contributed by atoms with van der Waals surface area (Å²) in [6.45, 7) is 1.40. The Bertz CT molecular complexity index is 608. The zero-order valence-electron chi connectivity index (χ0n) is 11.7. The van der Waals surface area contributed by atoms with E-state index in [1.165, 1.54) is 14.0 Å². The van der Waals surface area contributed by atoms with Gasteiger partial charge in [-0.1, -0.05) is 11.6 Å². The van der Waals surface area contributed by atoms with Crippen LogP contribution in [0.5, 0.6) is 0 Å². The summed E-state index contributed by atoms with van der Waals surface area (Å²) in [4.78, 5) is -0.657. The van der Waals surface area contributed by atoms with Crippen LogP contribution < -0.4 is 10.5 Å². The molecule has 1 unspecified atom stereocenters. The van der Waals surface area contributed by atoms with E-state index in [0.29, 0.717) is 0 Å². The molecule has 6 nitrogen and oxygen atoms in total. The third-order valence-corrected chi connectivity index (χ3v) is 4.47. The van der Waals surface area contributed by atoms with Crippen molar-refractivity contribution in [1.29, 1.82) is 0 Å². The Balaban J connectivity index is 2.93. The van der Waals surface area contributed by atoms with Crippen molar-refractivity contribution >= 4 is 27.3 Å². The topological polar surface area (TPSA) is 102 Å². The van der Waals surface area contributed by atoms with Gasteiger partial charge in [-0.15, -0.1) is 0 Å². The van der Waals surface area contributed by atoms with E-state index in [4.69, 9.17) is 22.1 Å². The number of sulfonamides is 1. The van der Waals surface area contributed by atoms with E-state index < -0.39 is 26.3 Å². The molecule has 0 bridgehead atoms. The maximum atomic E-state index is 13.8. The van der Waals surface area contributed by atoms with Gasteiger partial charge >= 0.3 is 0 Å². The fourth-order valence-electron chi connectivity index (χ4n) is 1.52. The quantitative estimate of drug-likeness (QED) is 0.646. The van der Waals surface area contributed by atoms with Gasteiger partial charge in [0.15, 0.2) is 5.82 Å². The van der Waals surface area contributed by atoms with E-state index in [-0.39, 0.29) is 30.3 Å². The molecule has 120 valence electrons. The lowest BCUT2D eigenvalue weighted by molar-refractivity contribution is 0.0292. The van der Waals surface area contributed by atoms with Crippen LogP contribution >= 0.6 is 11.6 Å². The van der Waals surface area contributed by atoms with Gasteiger partial charge in [0.1, 0.15) is 4.90 Å². The highest BCUT2D eigenvalue weighted by Gasteiger charge is 2.26. The van der Waals surface area contributed by atoms with Crippen LogP contribution in [0.15, 0.2) is 17.0 Å². The monoisotopic (exact) mass is 340 g/mol. The van der Waals surface area contributed by atoms with Crippen LogP contribution in [0.2, 0.25) is 5.02 Å². The second kappa shape index (κ2) is 6.89. The van der Waals surface area contributed by atoms with E-state index in [1.807, 2.05) is 0 Å². The fraction of sp³-hybridized carbons (Fsp3) is 0.500. The molecule has 21 heavy (non-hydrogen) atoms. The number of methoxy groups -OCH3 is 1. The first-order chi connectivity index (χ1) is 9.59. The third kappa shape index (κ3) is 5.08. The highest BCUT2D eigenvalue weighted by Crippen LogP contribution is 2.25. The number of aliphatic hydroxyl groups is 1. The van der Waals surface area contributed by atoms with E-state index in [1.54, 1.807) is 0 Å². The molecule has 9 heteroatoms. The molecular formula is C12H18ClFN2O4S. The predicted octanol–water partition coefficient (Wildman–Crippen LogP) is 1.13. The SMILES string of the molecule is COCCC(C)(O)CNS(=O)(=O)c1cc(N)cc(Cl)c1F. The Labute approximate surface area is 128 Å². The lowest BCUT2D eigenvalue weighted by Crippen LogP contribution is -2.41. The Morgan fingerprint density at radius 1 is 1.52 bits per heavy atom. The van der Waals surface area contributed by atoms with Crippen LogP contribution in [-0.2, 0) is 14.8 Å². The molecule has 0 radical (unpaired) electrons. The highest BCUT2D eigenvalue weighted by atomic mass is 35.5. The van der Waals surface area contributed by atoms with Gasteiger partial charge in [-0.2, -0.15) is 0 Å². The number of hydrogen-bond donors (Lipinski definition) is 3. The minimum absolute atomic E-state index is 0.0212. The third-order valence-electron chi connectivity index (χ3n) is 2.79. The molecule has 1 atom stereocenters. The summed E-state index contributed by atoms with van der Waals surface area (Å²) in [6.07, 6.45) is 0.214. The molecule has 0 saturated carbocycles. The molecular weight excluding hydrogens is 323 g/mol. The molecule has 1 rings (SSSR count). The van der Waals surface area contributed by atoms with Crippen molar-refractivity contribution in [3.63, 3.8) is 0 Å². The van der Waals surface area contributed by atoms with Crippen molar-refractivity contribution in [1.82, 2.24) is 4.72 Å². The van der Waals surface area contributed by atoms with Crippen LogP contribution in [0.3, 0.4) is 0 Å². The fourth-order valence-corrected chi connectivity index (χ4v) is 3.10. The molecule has 0 fully saturated rings. The minimum atomic E-state index is -4.18. The highest BCUT2D eigenvalue weighted by molar-refractivity contribution is 7.89. The van der Waals surface area contributed by atoms with Gasteiger partial charge in [0.25, 0.3) is 0 Å². The largest absolute Gasteiger partial charge is 0.399 e. The first kappa shape index (κ1) is 18.1. The Morgan fingerprint density at radius 2 is 2.14 bits per heavy atom. The summed E-state index contributed by atoms with van der Waals surface area (Å²) >= 11 is 5.57. The summed E-state index contributed by atoms with van der Waals surface area (Å²) in [5.74, 6) is -1.09. The molecule has 0 aliphatic rings. The number of rotatable bonds is 7. The second-order valence-electron chi connectivity index (χ2n) is 4.88. The number of anilines is 1. The number of benzene rings is 1. The molecule has 0 spiro atoms. The molecule has 0 heterocycles. The number of halogens is 2. The first-order valence-electron chi connectivity index (χ1n) is 6.04. The van der Waals surface area contributed by atoms with Crippen LogP contribution in [0.25, 0.3) is 0 Å². The molecule has 0 aliphatic heterocycles. The van der Waals surface area contributed by atoms with Gasteiger partial charge in [-0.25, -0.2) is 17.5 Å². The summed E-state index contributed by atoms with van der Waals surface area (Å²) < 4.78 is 44.9. The van der Waals surface area contributed by atoms with Gasteiger partial charge < -0.3 is 15.6 Å². The van der Waals surface area contributed by atoms with Crippen LogP contribution in [0.1, 0.15) is 13.3 Å². The summed E-state index contributed by atoms with van der Waals surface area (Å²) in [5, 5.41) is 9.60. The maximum absolute atomic E-state index is 13.8. The van der Waals surface area contributed by atoms with E-state index in [2.05, 4.69) is 4.72 Å². The number of nitrogens with two attached hydrogens (primary N) is 1. The Morgan fingerprint density at radius 3 is 2.71 bits per heavy atom. The lowest BCUT2D eigenvalue weighted by Gasteiger charge is -2.23. The maximum Gasteiger partial charge on any atom is 0.243 e. The Hall–Kier alpha value is -0.930. The van der Waals surface area contributed by atoms with Gasteiger partial charge in [0.2, 0.25) is 10.0 Å². The number of nitrogens with one attached hydrogen (secondary N) is 1. The van der Waals surface area contributed by atoms with Crippen LogP contribution in [0, 0.1) is 5.82 Å². The van der Waals surface area contributed by atoms with E-state index in [9.17, 15) is 17.9 Å². The van der Waals surface area contributed by atoms with Gasteiger partial charge in [0, 0.05) is 32.4 Å². The zero-order chi connectivity index (χ0) is 16.3. The van der Waals surface area contributed by atoms with E-state index >= 15 is 0 Å². The molecule has 1 aromatic rings. The number of hydrogen-bond acceptors (Lipinski definition) is 5. The Kier molecular flexibility index (Phi) is 5.94. The molecule has 0 saturated heterocycles. The standard InChI is InChI=1S/C12H18ClFN2O4S/c1-12(17,3-4-20-2)7-16-21(18,19)10-6-8(15)5-9(13)11(10)14/h5-6,16-17H,3-4,7,15H2,1-2H3. The average molecular weight is 341 g/mol. The number of ether oxygens (including phenoxy) is 1. The van der Waals surface area contributed by atoms with Gasteiger partial charge in [-0.05, 0) is 19.1 Å². The summed E-state index contributed by atoms with van der Waals surface area (Å²) in [7, 11) is -2.72. The minimum Gasteiger partial charge on any atom is -0.399 e. The van der Waals surface area contributed by atoms with Crippen LogP contribution in [0.4, 0.5) is 10.1 Å². The molecule has 0 aromatic heterocycles. The smallest absolute Gasteiger partial charge is 0.243 e. The first-order valence-corrected chi connectivity index (χ1v) is 7.91. The van der Waals surface area contributed by atoms with Crippen molar-refractivity contribution in [2.75, 3.05) is 26.0 Å². The predicted molar refractivity (Wildman–Crippen MR) is 78.1 cm³/mol. The van der Waals surface area contributed by atoms with Crippen LogP contribution in [-0.4, -0.2) is 39.4 Å². The van der Waals surface area contributed by atoms with Crippen molar-refractivity contribution in [2.45, 2.75) is 23.8 Å². The summed E-state index contributed by atoms with van der Waals surface area (Å²) in [5.41, 5.74) is 4.15. The second-order valence-corrected chi connectivity index (χ2v) is 7.02. The van der Waals surface area contributed by atoms with Gasteiger partial charge in [0.05, 0.1) is 10.6 Å². The van der Waals surface area contributed by atoms with E-state index in [0.717, 1.165) is 12.1 Å². The normalized spacial score (nSPS) is 14.9. The molecule has 1 aromatic carbocycles. The molecule has 4 N–H and O–H groups in total. The zero-order valence-corrected chi connectivity index (χ0v) is 13.3. The van der Waals surface area contributed by atoms with Crippen molar-refractivity contribution in [3.05, 3.63) is 23.0 Å². The van der Waals surface area contributed by atoms with Crippen molar-refractivity contribution < 1.29 is 22.7 Å². The number of nitrogen functional groups attached to an aromatic ring is 1. The molecule has 0 amide bonds. The van der Waals surface area contributed by atoms with Crippen molar-refractivity contribution in [3.8, 4) is 0 Å². The average Bonchev–Trinajstić information content (AvgIpc) is 2.38. The van der Waals surface area contributed by atoms with Gasteiger partial charge in [-0.3, -0.25) is 0 Å². The van der Waals surface area contributed by atoms with Crippen molar-refractivity contribution in [2.24, 2.45) is 0 Å². The lowest BCUT2D eigenvalue weighted by atomic mass is 10.0.